The summed E-state index contributed by atoms with van der Waals surface area (Å²) in [6.45, 7) is 2.41. The number of nitriles is 1. The molecule has 41 heavy (non-hydrogen) atoms. The quantitative estimate of drug-likeness (QED) is 0.403. The van der Waals surface area contributed by atoms with Gasteiger partial charge < -0.3 is 25.2 Å². The largest absolute Gasteiger partial charge is 0.434 e. The van der Waals surface area contributed by atoms with Gasteiger partial charge in [-0.2, -0.15) is 14.0 Å². The predicted molar refractivity (Wildman–Crippen MR) is 150 cm³/mol. The Balaban J connectivity index is 1.59. The van der Waals surface area contributed by atoms with Crippen molar-refractivity contribution in [3.8, 4) is 22.9 Å². The van der Waals surface area contributed by atoms with E-state index in [1.807, 2.05) is 22.8 Å². The summed E-state index contributed by atoms with van der Waals surface area (Å²) < 4.78 is 30.8. The minimum atomic E-state index is -3.03. The third kappa shape index (κ3) is 6.87. The van der Waals surface area contributed by atoms with Crippen LogP contribution in [-0.4, -0.2) is 66.0 Å². The van der Waals surface area contributed by atoms with Gasteiger partial charge in [0.2, 0.25) is 11.9 Å². The Kier molecular flexibility index (Phi) is 9.29. The molecule has 0 unspecified atom stereocenters. The number of aromatic nitrogens is 2. The lowest BCUT2D eigenvalue weighted by atomic mass is 10.0. The van der Waals surface area contributed by atoms with Gasteiger partial charge in [-0.25, -0.2) is 9.97 Å². The summed E-state index contributed by atoms with van der Waals surface area (Å²) in [6.07, 6.45) is 3.39. The number of rotatable bonds is 9. The van der Waals surface area contributed by atoms with Gasteiger partial charge in [-0.15, -0.1) is 0 Å². The van der Waals surface area contributed by atoms with Gasteiger partial charge in [0, 0.05) is 75.4 Å². The molecule has 1 aliphatic rings. The van der Waals surface area contributed by atoms with Crippen molar-refractivity contribution >= 4 is 23.5 Å². The SMILES string of the molecule is CNC(=O)c1ccc(-c2cnc(N3CCN(C(C)=O)[C@H](C)C3)nc2)cc1NCc1c(CC#N)cccc1OC(F)F. The fourth-order valence-electron chi connectivity index (χ4n) is 4.90. The summed E-state index contributed by atoms with van der Waals surface area (Å²) in [5.41, 5.74) is 3.18. The van der Waals surface area contributed by atoms with Crippen molar-refractivity contribution in [2.75, 3.05) is 36.9 Å². The first-order valence-corrected chi connectivity index (χ1v) is 13.1. The van der Waals surface area contributed by atoms with Crippen molar-refractivity contribution in [3.05, 3.63) is 65.5 Å². The molecular formula is C29H31F2N7O3. The Morgan fingerprint density at radius 1 is 1.17 bits per heavy atom. The first kappa shape index (κ1) is 29.2. The number of ether oxygens (including phenoxy) is 1. The highest BCUT2D eigenvalue weighted by atomic mass is 19.3. The molecule has 2 aromatic carbocycles. The molecule has 0 saturated carbocycles. The lowest BCUT2D eigenvalue weighted by molar-refractivity contribution is -0.131. The summed E-state index contributed by atoms with van der Waals surface area (Å²) in [5.74, 6) is 0.230. The Hall–Kier alpha value is -4.79. The van der Waals surface area contributed by atoms with Crippen molar-refractivity contribution in [3.63, 3.8) is 0 Å². The number of halogens is 2. The Morgan fingerprint density at radius 3 is 2.56 bits per heavy atom. The first-order chi connectivity index (χ1) is 19.7. The molecule has 0 bridgehead atoms. The lowest BCUT2D eigenvalue weighted by Gasteiger charge is -2.39. The molecule has 0 spiro atoms. The zero-order valence-corrected chi connectivity index (χ0v) is 23.0. The van der Waals surface area contributed by atoms with Gasteiger partial charge >= 0.3 is 6.61 Å². The molecule has 1 atom stereocenters. The van der Waals surface area contributed by atoms with Crippen LogP contribution < -0.4 is 20.3 Å². The summed E-state index contributed by atoms with van der Waals surface area (Å²) >= 11 is 0. The van der Waals surface area contributed by atoms with Crippen LogP contribution in [0.15, 0.2) is 48.8 Å². The molecule has 1 saturated heterocycles. The normalized spacial score (nSPS) is 14.9. The number of hydrogen-bond donors (Lipinski definition) is 2. The summed E-state index contributed by atoms with van der Waals surface area (Å²) in [6, 6.07) is 11.9. The van der Waals surface area contributed by atoms with Crippen LogP contribution in [0, 0.1) is 11.3 Å². The molecule has 1 aliphatic heterocycles. The third-order valence-electron chi connectivity index (χ3n) is 6.95. The van der Waals surface area contributed by atoms with E-state index in [0.717, 1.165) is 5.56 Å². The number of anilines is 2. The zero-order chi connectivity index (χ0) is 29.5. The lowest BCUT2D eigenvalue weighted by Crippen LogP contribution is -2.53. The number of nitrogens with zero attached hydrogens (tertiary/aromatic N) is 5. The summed E-state index contributed by atoms with van der Waals surface area (Å²) in [4.78, 5) is 37.4. The van der Waals surface area contributed by atoms with E-state index in [2.05, 4.69) is 20.6 Å². The molecule has 0 radical (unpaired) electrons. The van der Waals surface area contributed by atoms with Gasteiger partial charge in [0.05, 0.1) is 18.1 Å². The molecule has 3 aromatic rings. The van der Waals surface area contributed by atoms with Gasteiger partial charge in [-0.05, 0) is 36.2 Å². The second-order valence-electron chi connectivity index (χ2n) is 9.58. The molecule has 2 amide bonds. The fraction of sp³-hybridized carbons (Fsp3) is 0.345. The number of piperazine rings is 1. The maximum Gasteiger partial charge on any atom is 0.387 e. The zero-order valence-electron chi connectivity index (χ0n) is 23.0. The van der Waals surface area contributed by atoms with Crippen LogP contribution >= 0.6 is 0 Å². The Morgan fingerprint density at radius 2 is 1.93 bits per heavy atom. The molecule has 12 heteroatoms. The number of amides is 2. The van der Waals surface area contributed by atoms with Crippen molar-refractivity contribution in [1.82, 2.24) is 20.2 Å². The van der Waals surface area contributed by atoms with E-state index in [1.54, 1.807) is 49.6 Å². The average Bonchev–Trinajstić information content (AvgIpc) is 2.96. The van der Waals surface area contributed by atoms with Crippen LogP contribution in [0.4, 0.5) is 20.4 Å². The van der Waals surface area contributed by atoms with Crippen LogP contribution in [-0.2, 0) is 17.8 Å². The molecule has 10 nitrogen and oxygen atoms in total. The van der Waals surface area contributed by atoms with E-state index < -0.39 is 6.61 Å². The van der Waals surface area contributed by atoms with Crippen molar-refractivity contribution in [1.29, 1.82) is 5.26 Å². The molecule has 1 fully saturated rings. The molecule has 4 rings (SSSR count). The number of hydrogen-bond acceptors (Lipinski definition) is 8. The Bertz CT molecular complexity index is 1440. The molecule has 214 valence electrons. The summed E-state index contributed by atoms with van der Waals surface area (Å²) in [5, 5.41) is 15.0. The van der Waals surface area contributed by atoms with Gasteiger partial charge in [0.1, 0.15) is 5.75 Å². The number of benzene rings is 2. The van der Waals surface area contributed by atoms with Crippen molar-refractivity contribution in [2.24, 2.45) is 0 Å². The molecule has 0 aliphatic carbocycles. The maximum atomic E-state index is 13.1. The minimum absolute atomic E-state index is 0.00601. The first-order valence-electron chi connectivity index (χ1n) is 13.1. The second kappa shape index (κ2) is 13.0. The van der Waals surface area contributed by atoms with Crippen molar-refractivity contribution in [2.45, 2.75) is 39.5 Å². The summed E-state index contributed by atoms with van der Waals surface area (Å²) in [7, 11) is 1.51. The standard InChI is InChI=1S/C29H31F2N7O3/c1-18-17-37(11-12-38(18)19(2)39)29-35-14-22(15-36-29)21-7-8-23(27(40)33-3)25(13-21)34-16-24-20(9-10-32)5-4-6-26(24)41-28(30)31/h4-8,13-15,18,28,34H,9,11-12,16-17H2,1-3H3,(H,33,40)/t18-/m1/s1. The number of carbonyl (C=O) groups is 2. The second-order valence-corrected chi connectivity index (χ2v) is 9.58. The van der Waals surface area contributed by atoms with Crippen LogP contribution in [0.5, 0.6) is 5.75 Å². The van der Waals surface area contributed by atoms with E-state index >= 15 is 0 Å². The topological polar surface area (TPSA) is 123 Å². The number of nitrogens with one attached hydrogen (secondary N) is 2. The highest BCUT2D eigenvalue weighted by molar-refractivity contribution is 6.00. The van der Waals surface area contributed by atoms with Gasteiger partial charge in [0.15, 0.2) is 0 Å². The Labute approximate surface area is 237 Å². The molecule has 1 aromatic heterocycles. The average molecular weight is 564 g/mol. The van der Waals surface area contributed by atoms with Crippen LogP contribution in [0.25, 0.3) is 11.1 Å². The molecular weight excluding hydrogens is 532 g/mol. The smallest absolute Gasteiger partial charge is 0.387 e. The number of alkyl halides is 2. The molecule has 2 heterocycles. The third-order valence-corrected chi connectivity index (χ3v) is 6.95. The van der Waals surface area contributed by atoms with E-state index in [-0.39, 0.29) is 36.6 Å². The van der Waals surface area contributed by atoms with E-state index in [9.17, 15) is 23.6 Å². The van der Waals surface area contributed by atoms with E-state index in [1.165, 1.54) is 13.1 Å². The predicted octanol–water partition coefficient (Wildman–Crippen LogP) is 3.84. The monoisotopic (exact) mass is 563 g/mol. The fourth-order valence-corrected chi connectivity index (χ4v) is 4.90. The van der Waals surface area contributed by atoms with Crippen LogP contribution in [0.2, 0.25) is 0 Å². The maximum absolute atomic E-state index is 13.1. The molecule has 2 N–H and O–H groups in total. The highest BCUT2D eigenvalue weighted by Gasteiger charge is 2.26. The van der Waals surface area contributed by atoms with Gasteiger partial charge in [-0.1, -0.05) is 18.2 Å². The van der Waals surface area contributed by atoms with Crippen LogP contribution in [0.3, 0.4) is 0 Å². The van der Waals surface area contributed by atoms with Gasteiger partial charge in [0.25, 0.3) is 5.91 Å². The number of carbonyl (C=O) groups excluding carboxylic acids is 2. The van der Waals surface area contributed by atoms with Gasteiger partial charge in [-0.3, -0.25) is 9.59 Å². The van der Waals surface area contributed by atoms with E-state index in [0.29, 0.717) is 53.5 Å². The van der Waals surface area contributed by atoms with E-state index in [4.69, 9.17) is 4.74 Å². The highest BCUT2D eigenvalue weighted by Crippen LogP contribution is 2.30. The van der Waals surface area contributed by atoms with Crippen molar-refractivity contribution < 1.29 is 23.1 Å². The minimum Gasteiger partial charge on any atom is -0.434 e. The van der Waals surface area contributed by atoms with Crippen LogP contribution in [0.1, 0.15) is 35.3 Å².